The average Bonchev–Trinajstić information content (AvgIpc) is 2.55. The SMILES string of the molecule is Cc1cc(C)cc(C(C#N)=C(NC(=O)c2cccc(F)c2C)C(C)(C)C)c1. The highest BCUT2D eigenvalue weighted by molar-refractivity contribution is 5.98. The van der Waals surface area contributed by atoms with Gasteiger partial charge in [-0.2, -0.15) is 5.26 Å². The number of amides is 1. The molecule has 2 aromatic carbocycles. The summed E-state index contributed by atoms with van der Waals surface area (Å²) in [5.41, 5.74) is 3.83. The van der Waals surface area contributed by atoms with Crippen molar-refractivity contribution in [2.75, 3.05) is 0 Å². The number of benzene rings is 2. The van der Waals surface area contributed by atoms with E-state index in [0.717, 1.165) is 16.7 Å². The molecule has 0 aliphatic heterocycles. The zero-order chi connectivity index (χ0) is 20.4. The van der Waals surface area contributed by atoms with Gasteiger partial charge in [0.05, 0.1) is 5.57 Å². The van der Waals surface area contributed by atoms with Crippen LogP contribution in [0.2, 0.25) is 0 Å². The van der Waals surface area contributed by atoms with E-state index in [1.54, 1.807) is 13.0 Å². The van der Waals surface area contributed by atoms with Crippen LogP contribution in [0, 0.1) is 43.3 Å². The number of allylic oxidation sites excluding steroid dienone is 2. The van der Waals surface area contributed by atoms with E-state index in [0.29, 0.717) is 11.3 Å². The molecule has 0 unspecified atom stereocenters. The second-order valence-electron chi connectivity index (χ2n) is 7.85. The molecule has 3 nitrogen and oxygen atoms in total. The molecule has 1 N–H and O–H groups in total. The van der Waals surface area contributed by atoms with Gasteiger partial charge in [-0.3, -0.25) is 4.79 Å². The molecule has 0 aliphatic carbocycles. The Hall–Kier alpha value is -2.93. The van der Waals surface area contributed by atoms with Crippen LogP contribution in [0.4, 0.5) is 4.39 Å². The quantitative estimate of drug-likeness (QED) is 0.735. The predicted molar refractivity (Wildman–Crippen MR) is 107 cm³/mol. The third kappa shape index (κ3) is 4.62. The van der Waals surface area contributed by atoms with Crippen LogP contribution >= 0.6 is 0 Å². The lowest BCUT2D eigenvalue weighted by Crippen LogP contribution is -2.32. The Bertz CT molecular complexity index is 939. The summed E-state index contributed by atoms with van der Waals surface area (Å²) in [6, 6.07) is 12.5. The number of hydrogen-bond acceptors (Lipinski definition) is 2. The Balaban J connectivity index is 2.60. The lowest BCUT2D eigenvalue weighted by atomic mass is 9.86. The van der Waals surface area contributed by atoms with Crippen molar-refractivity contribution in [2.45, 2.75) is 41.5 Å². The van der Waals surface area contributed by atoms with Gasteiger partial charge >= 0.3 is 0 Å². The molecule has 0 radical (unpaired) electrons. The van der Waals surface area contributed by atoms with E-state index in [1.165, 1.54) is 12.1 Å². The molecule has 0 fully saturated rings. The molecule has 0 bridgehead atoms. The zero-order valence-corrected chi connectivity index (χ0v) is 16.7. The number of nitrogens with one attached hydrogen (secondary N) is 1. The average molecular weight is 364 g/mol. The molecular weight excluding hydrogens is 339 g/mol. The molecule has 0 saturated carbocycles. The molecule has 0 saturated heterocycles. The number of halogens is 1. The van der Waals surface area contributed by atoms with Crippen LogP contribution in [-0.2, 0) is 0 Å². The summed E-state index contributed by atoms with van der Waals surface area (Å²) in [6.07, 6.45) is 0. The zero-order valence-electron chi connectivity index (χ0n) is 16.7. The summed E-state index contributed by atoms with van der Waals surface area (Å²) in [7, 11) is 0. The number of aryl methyl sites for hydroxylation is 2. The van der Waals surface area contributed by atoms with Crippen LogP contribution < -0.4 is 5.32 Å². The van der Waals surface area contributed by atoms with Gasteiger partial charge in [-0.05, 0) is 44.0 Å². The fourth-order valence-electron chi connectivity index (χ4n) is 3.04. The first-order valence-corrected chi connectivity index (χ1v) is 8.84. The van der Waals surface area contributed by atoms with Gasteiger partial charge in [0.2, 0.25) is 0 Å². The molecule has 4 heteroatoms. The second-order valence-corrected chi connectivity index (χ2v) is 7.85. The first-order valence-electron chi connectivity index (χ1n) is 8.84. The smallest absolute Gasteiger partial charge is 0.255 e. The third-order valence-electron chi connectivity index (χ3n) is 4.37. The highest BCUT2D eigenvalue weighted by Gasteiger charge is 2.26. The fourth-order valence-corrected chi connectivity index (χ4v) is 3.04. The Morgan fingerprint density at radius 3 is 2.19 bits per heavy atom. The van der Waals surface area contributed by atoms with E-state index in [4.69, 9.17) is 0 Å². The second kappa shape index (κ2) is 7.75. The Labute approximate surface area is 160 Å². The van der Waals surface area contributed by atoms with E-state index < -0.39 is 17.1 Å². The van der Waals surface area contributed by atoms with Crippen molar-refractivity contribution in [2.24, 2.45) is 5.41 Å². The topological polar surface area (TPSA) is 52.9 Å². The third-order valence-corrected chi connectivity index (χ3v) is 4.37. The molecule has 2 rings (SSSR count). The van der Waals surface area contributed by atoms with E-state index in [1.807, 2.05) is 52.8 Å². The van der Waals surface area contributed by atoms with E-state index in [9.17, 15) is 14.4 Å². The molecule has 27 heavy (non-hydrogen) atoms. The standard InChI is InChI=1S/C23H25FN2O/c1-14-10-15(2)12-17(11-14)19(13-25)21(23(4,5)6)26-22(27)18-8-7-9-20(24)16(18)3/h7-12H,1-6H3,(H,26,27). The maximum atomic E-state index is 13.8. The lowest BCUT2D eigenvalue weighted by Gasteiger charge is -2.26. The Kier molecular flexibility index (Phi) is 5.85. The summed E-state index contributed by atoms with van der Waals surface area (Å²) in [5.74, 6) is -0.854. The molecule has 140 valence electrons. The Morgan fingerprint density at radius 2 is 1.67 bits per heavy atom. The summed E-state index contributed by atoms with van der Waals surface area (Å²) < 4.78 is 13.8. The van der Waals surface area contributed by atoms with Crippen molar-refractivity contribution < 1.29 is 9.18 Å². The molecule has 0 spiro atoms. The summed E-state index contributed by atoms with van der Waals surface area (Å²) in [4.78, 5) is 12.8. The maximum Gasteiger partial charge on any atom is 0.255 e. The Morgan fingerprint density at radius 1 is 1.07 bits per heavy atom. The van der Waals surface area contributed by atoms with Crippen molar-refractivity contribution in [1.29, 1.82) is 5.26 Å². The minimum absolute atomic E-state index is 0.259. The number of rotatable bonds is 3. The number of hydrogen-bond donors (Lipinski definition) is 1. The van der Waals surface area contributed by atoms with Crippen LogP contribution in [0.5, 0.6) is 0 Å². The van der Waals surface area contributed by atoms with E-state index in [2.05, 4.69) is 11.4 Å². The van der Waals surface area contributed by atoms with Crippen LogP contribution in [-0.4, -0.2) is 5.91 Å². The molecule has 1 amide bonds. The van der Waals surface area contributed by atoms with Gasteiger partial charge in [0, 0.05) is 16.7 Å². The van der Waals surface area contributed by atoms with Crippen molar-refractivity contribution >= 4 is 11.5 Å². The largest absolute Gasteiger partial charge is 0.324 e. The van der Waals surface area contributed by atoms with E-state index >= 15 is 0 Å². The predicted octanol–water partition coefficient (Wildman–Crippen LogP) is 5.46. The van der Waals surface area contributed by atoms with Crippen LogP contribution in [0.25, 0.3) is 5.57 Å². The molecule has 0 heterocycles. The van der Waals surface area contributed by atoms with E-state index in [-0.39, 0.29) is 11.1 Å². The molecule has 0 atom stereocenters. The van der Waals surface area contributed by atoms with Gasteiger partial charge in [0.1, 0.15) is 11.9 Å². The van der Waals surface area contributed by atoms with Crippen molar-refractivity contribution in [3.8, 4) is 6.07 Å². The first kappa shape index (κ1) is 20.4. The molecule has 0 aliphatic rings. The summed E-state index contributed by atoms with van der Waals surface area (Å²) in [5, 5.41) is 12.7. The van der Waals surface area contributed by atoms with Gasteiger partial charge in [0.25, 0.3) is 5.91 Å². The minimum atomic E-state index is -0.487. The van der Waals surface area contributed by atoms with Crippen molar-refractivity contribution in [3.63, 3.8) is 0 Å². The number of carbonyl (C=O) groups excluding carboxylic acids is 1. The van der Waals surface area contributed by atoms with Gasteiger partial charge in [-0.25, -0.2) is 4.39 Å². The number of nitriles is 1. The van der Waals surface area contributed by atoms with Gasteiger partial charge in [-0.1, -0.05) is 56.2 Å². The first-order chi connectivity index (χ1) is 12.5. The molecular formula is C23H25FN2O. The summed E-state index contributed by atoms with van der Waals surface area (Å²) in [6.45, 7) is 11.3. The summed E-state index contributed by atoms with van der Waals surface area (Å²) >= 11 is 0. The molecule has 0 aromatic heterocycles. The monoisotopic (exact) mass is 364 g/mol. The van der Waals surface area contributed by atoms with Gasteiger partial charge in [0.15, 0.2) is 0 Å². The lowest BCUT2D eigenvalue weighted by molar-refractivity contribution is 0.0957. The van der Waals surface area contributed by atoms with Crippen LogP contribution in [0.15, 0.2) is 42.1 Å². The van der Waals surface area contributed by atoms with Crippen molar-refractivity contribution in [1.82, 2.24) is 5.32 Å². The number of carbonyl (C=O) groups is 1. The normalized spacial score (nSPS) is 12.2. The fraction of sp³-hybridized carbons (Fsp3) is 0.304. The maximum absolute atomic E-state index is 13.8. The highest BCUT2D eigenvalue weighted by atomic mass is 19.1. The van der Waals surface area contributed by atoms with Gasteiger partial charge < -0.3 is 5.32 Å². The van der Waals surface area contributed by atoms with Crippen LogP contribution in [0.1, 0.15) is 53.4 Å². The number of nitrogens with zero attached hydrogens (tertiary/aromatic N) is 1. The highest BCUT2D eigenvalue weighted by Crippen LogP contribution is 2.31. The van der Waals surface area contributed by atoms with Crippen LogP contribution in [0.3, 0.4) is 0 Å². The van der Waals surface area contributed by atoms with Gasteiger partial charge in [-0.15, -0.1) is 0 Å². The molecule has 2 aromatic rings. The minimum Gasteiger partial charge on any atom is -0.324 e. The van der Waals surface area contributed by atoms with Crippen molar-refractivity contribution in [3.05, 3.63) is 75.7 Å².